The Labute approximate surface area is 204 Å². The van der Waals surface area contributed by atoms with Gasteiger partial charge in [-0.05, 0) is 54.4 Å². The Hall–Kier alpha value is -4.11. The molecule has 9 heteroatoms. The third-order valence-electron chi connectivity index (χ3n) is 5.93. The van der Waals surface area contributed by atoms with Crippen LogP contribution in [0, 0.1) is 5.82 Å². The van der Waals surface area contributed by atoms with Crippen LogP contribution in [-0.4, -0.2) is 34.3 Å². The van der Waals surface area contributed by atoms with E-state index in [2.05, 4.69) is 15.6 Å². The molecule has 1 aliphatic heterocycles. The normalized spacial score (nSPS) is 17.6. The van der Waals surface area contributed by atoms with Crippen molar-refractivity contribution in [3.63, 3.8) is 0 Å². The fourth-order valence-electron chi connectivity index (χ4n) is 4.04. The minimum Gasteiger partial charge on any atom is -0.325 e. The number of thiazole rings is 1. The maximum Gasteiger partial charge on any atom is 0.325 e. The molecule has 2 heterocycles. The van der Waals surface area contributed by atoms with Gasteiger partial charge in [-0.15, -0.1) is 11.3 Å². The third kappa shape index (κ3) is 4.50. The molecule has 1 aromatic heterocycles. The average molecular weight is 489 g/mol. The van der Waals surface area contributed by atoms with Gasteiger partial charge in [0, 0.05) is 12.1 Å². The molecule has 4 aromatic rings. The number of carbonyl (C=O) groups excluding carboxylic acids is 3. The van der Waals surface area contributed by atoms with Crippen LogP contribution in [0.4, 0.5) is 14.9 Å². The molecular weight excluding hydrogens is 467 g/mol. The largest absolute Gasteiger partial charge is 0.325 e. The van der Waals surface area contributed by atoms with Crippen LogP contribution in [0.15, 0.2) is 72.8 Å². The van der Waals surface area contributed by atoms with Crippen molar-refractivity contribution in [2.45, 2.75) is 18.9 Å². The number of carbonyl (C=O) groups is 3. The monoisotopic (exact) mass is 488 g/mol. The number of benzene rings is 3. The van der Waals surface area contributed by atoms with E-state index in [4.69, 9.17) is 0 Å². The molecule has 3 aromatic carbocycles. The highest BCUT2D eigenvalue weighted by Gasteiger charge is 2.49. The zero-order chi connectivity index (χ0) is 24.6. The van der Waals surface area contributed by atoms with E-state index in [9.17, 15) is 18.8 Å². The van der Waals surface area contributed by atoms with E-state index in [1.807, 2.05) is 36.4 Å². The highest BCUT2D eigenvalue weighted by atomic mass is 32.1. The molecule has 35 heavy (non-hydrogen) atoms. The first-order valence-electron chi connectivity index (χ1n) is 11.0. The predicted molar refractivity (Wildman–Crippen MR) is 131 cm³/mol. The standard InChI is InChI=1S/C26H21FN4O3S/c1-26(17-8-10-18(27)11-9-17)24(33)31(25(34)30-26)15-22(32)28-19-12-6-16(7-13-19)14-23-29-20-4-2-3-5-21(20)35-23/h2-13H,14-15H2,1H3,(H,28,32)(H,30,34). The van der Waals surface area contributed by atoms with Gasteiger partial charge in [0.1, 0.15) is 17.9 Å². The lowest BCUT2D eigenvalue weighted by Crippen LogP contribution is -2.42. The van der Waals surface area contributed by atoms with Gasteiger partial charge in [0.2, 0.25) is 5.91 Å². The number of nitrogens with zero attached hydrogens (tertiary/aromatic N) is 2. The van der Waals surface area contributed by atoms with Gasteiger partial charge >= 0.3 is 6.03 Å². The Kier molecular flexibility index (Phi) is 5.78. The van der Waals surface area contributed by atoms with Gasteiger partial charge in [0.15, 0.2) is 0 Å². The molecule has 4 amide bonds. The van der Waals surface area contributed by atoms with Crippen LogP contribution < -0.4 is 10.6 Å². The lowest BCUT2D eigenvalue weighted by Gasteiger charge is -2.22. The first-order chi connectivity index (χ1) is 16.8. The van der Waals surface area contributed by atoms with Crippen LogP contribution in [0.2, 0.25) is 0 Å². The molecule has 0 spiro atoms. The van der Waals surface area contributed by atoms with Crippen molar-refractivity contribution in [2.24, 2.45) is 0 Å². The molecule has 1 atom stereocenters. The molecule has 176 valence electrons. The fraction of sp³-hybridized carbons (Fsp3) is 0.154. The predicted octanol–water partition coefficient (Wildman–Crippen LogP) is 4.43. The second-order valence-corrected chi connectivity index (χ2v) is 9.57. The Balaban J connectivity index is 1.21. The number of nitrogens with one attached hydrogen (secondary N) is 2. The third-order valence-corrected chi connectivity index (χ3v) is 6.97. The summed E-state index contributed by atoms with van der Waals surface area (Å²) in [7, 11) is 0. The van der Waals surface area contributed by atoms with Crippen molar-refractivity contribution in [3.05, 3.63) is 94.7 Å². The van der Waals surface area contributed by atoms with Crippen molar-refractivity contribution in [1.82, 2.24) is 15.2 Å². The van der Waals surface area contributed by atoms with E-state index in [1.54, 1.807) is 23.5 Å². The van der Waals surface area contributed by atoms with Crippen LogP contribution in [0.5, 0.6) is 0 Å². The summed E-state index contributed by atoms with van der Waals surface area (Å²) in [5.41, 5.74) is 1.65. The number of rotatable bonds is 6. The maximum atomic E-state index is 13.3. The lowest BCUT2D eigenvalue weighted by atomic mass is 9.92. The van der Waals surface area contributed by atoms with E-state index < -0.39 is 35.7 Å². The van der Waals surface area contributed by atoms with Gasteiger partial charge in [0.25, 0.3) is 5.91 Å². The van der Waals surface area contributed by atoms with E-state index in [0.29, 0.717) is 17.7 Å². The summed E-state index contributed by atoms with van der Waals surface area (Å²) >= 11 is 1.65. The Morgan fingerprint density at radius 1 is 1.06 bits per heavy atom. The summed E-state index contributed by atoms with van der Waals surface area (Å²) < 4.78 is 14.4. The summed E-state index contributed by atoms with van der Waals surface area (Å²) in [6, 6.07) is 20.0. The minimum absolute atomic E-state index is 0.434. The molecule has 2 N–H and O–H groups in total. The first-order valence-corrected chi connectivity index (χ1v) is 11.8. The molecule has 0 radical (unpaired) electrons. The van der Waals surface area contributed by atoms with Crippen LogP contribution in [0.3, 0.4) is 0 Å². The van der Waals surface area contributed by atoms with Gasteiger partial charge in [-0.1, -0.05) is 36.4 Å². The van der Waals surface area contributed by atoms with E-state index >= 15 is 0 Å². The van der Waals surface area contributed by atoms with Crippen molar-refractivity contribution < 1.29 is 18.8 Å². The number of fused-ring (bicyclic) bond motifs is 1. The van der Waals surface area contributed by atoms with Crippen molar-refractivity contribution in [2.75, 3.05) is 11.9 Å². The molecule has 0 bridgehead atoms. The fourth-order valence-corrected chi connectivity index (χ4v) is 5.04. The van der Waals surface area contributed by atoms with Crippen LogP contribution in [0.1, 0.15) is 23.1 Å². The van der Waals surface area contributed by atoms with Crippen molar-refractivity contribution in [3.8, 4) is 0 Å². The molecule has 1 aliphatic rings. The molecule has 5 rings (SSSR count). The van der Waals surface area contributed by atoms with Crippen LogP contribution >= 0.6 is 11.3 Å². The highest BCUT2D eigenvalue weighted by Crippen LogP contribution is 2.29. The SMILES string of the molecule is CC1(c2ccc(F)cc2)NC(=O)N(CC(=O)Nc2ccc(Cc3nc4ccccc4s3)cc2)C1=O. The van der Waals surface area contributed by atoms with Crippen molar-refractivity contribution in [1.29, 1.82) is 0 Å². The van der Waals surface area contributed by atoms with E-state index in [0.717, 1.165) is 25.7 Å². The Morgan fingerprint density at radius 2 is 1.77 bits per heavy atom. The van der Waals surface area contributed by atoms with Crippen LogP contribution in [0.25, 0.3) is 10.2 Å². The van der Waals surface area contributed by atoms with Crippen molar-refractivity contribution >= 4 is 45.1 Å². The number of imide groups is 1. The Morgan fingerprint density at radius 3 is 2.49 bits per heavy atom. The summed E-state index contributed by atoms with van der Waals surface area (Å²) in [6.45, 7) is 1.09. The second kappa shape index (κ2) is 8.92. The summed E-state index contributed by atoms with van der Waals surface area (Å²) in [4.78, 5) is 43.5. The zero-order valence-corrected chi connectivity index (χ0v) is 19.6. The number of anilines is 1. The number of aromatic nitrogens is 1. The quantitative estimate of drug-likeness (QED) is 0.393. The molecule has 0 aliphatic carbocycles. The molecular formula is C26H21FN4O3S. The highest BCUT2D eigenvalue weighted by molar-refractivity contribution is 7.18. The topological polar surface area (TPSA) is 91.4 Å². The maximum absolute atomic E-state index is 13.3. The first kappa shape index (κ1) is 22.7. The van der Waals surface area contributed by atoms with Crippen LogP contribution in [-0.2, 0) is 21.5 Å². The van der Waals surface area contributed by atoms with Gasteiger partial charge < -0.3 is 10.6 Å². The second-order valence-electron chi connectivity index (χ2n) is 8.45. The van der Waals surface area contributed by atoms with Gasteiger partial charge in [-0.25, -0.2) is 14.2 Å². The number of hydrogen-bond acceptors (Lipinski definition) is 5. The van der Waals surface area contributed by atoms with Gasteiger partial charge in [0.05, 0.1) is 15.2 Å². The van der Waals surface area contributed by atoms with Gasteiger partial charge in [-0.2, -0.15) is 0 Å². The zero-order valence-electron chi connectivity index (χ0n) is 18.7. The lowest BCUT2D eigenvalue weighted by molar-refractivity contribution is -0.133. The minimum atomic E-state index is -1.37. The number of urea groups is 1. The number of hydrogen-bond donors (Lipinski definition) is 2. The number of para-hydroxylation sites is 1. The average Bonchev–Trinajstić information content (AvgIpc) is 3.34. The number of halogens is 1. The smallest absolute Gasteiger partial charge is 0.325 e. The summed E-state index contributed by atoms with van der Waals surface area (Å²) in [5.74, 6) is -1.53. The van der Waals surface area contributed by atoms with E-state index in [-0.39, 0.29) is 0 Å². The Bertz CT molecular complexity index is 1400. The van der Waals surface area contributed by atoms with E-state index in [1.165, 1.54) is 31.2 Å². The molecule has 1 unspecified atom stereocenters. The molecule has 1 saturated heterocycles. The molecule has 0 saturated carbocycles. The van der Waals surface area contributed by atoms with Gasteiger partial charge in [-0.3, -0.25) is 14.5 Å². The number of amides is 4. The summed E-state index contributed by atoms with van der Waals surface area (Å²) in [6.07, 6.45) is 0.679. The molecule has 7 nitrogen and oxygen atoms in total. The molecule has 1 fully saturated rings. The summed E-state index contributed by atoms with van der Waals surface area (Å²) in [5, 5.41) is 6.33.